The summed E-state index contributed by atoms with van der Waals surface area (Å²) in [5.74, 6) is -0.956. The van der Waals surface area contributed by atoms with Crippen molar-refractivity contribution in [1.29, 1.82) is 0 Å². The van der Waals surface area contributed by atoms with E-state index in [2.05, 4.69) is 88.3 Å². The van der Waals surface area contributed by atoms with E-state index in [1.165, 1.54) is 13.3 Å². The van der Waals surface area contributed by atoms with Crippen LogP contribution in [-0.2, 0) is 14.3 Å². The SMILES string of the molecule is CCC=CCC=CCC=CCC=CCC=CCC=CCCC(=O)NC(CCCCNC(=O)c1cnc(C)cn1)C(=O)OC. The molecule has 0 aliphatic rings. The normalized spacial score (nSPS) is 12.8. The molecule has 0 spiro atoms. The maximum absolute atomic E-state index is 12.4. The molecule has 8 heteroatoms. The quantitative estimate of drug-likeness (QED) is 0.0871. The highest BCUT2D eigenvalue weighted by molar-refractivity contribution is 5.91. The molecule has 0 saturated heterocycles. The largest absolute Gasteiger partial charge is 0.467 e. The van der Waals surface area contributed by atoms with Crippen molar-refractivity contribution in [2.45, 2.75) is 90.5 Å². The van der Waals surface area contributed by atoms with Gasteiger partial charge in [0.25, 0.3) is 5.91 Å². The zero-order valence-electron chi connectivity index (χ0n) is 26.2. The van der Waals surface area contributed by atoms with Crippen LogP contribution in [-0.4, -0.2) is 47.4 Å². The number of amides is 2. The number of hydrogen-bond acceptors (Lipinski definition) is 6. The molecule has 0 aliphatic heterocycles. The summed E-state index contributed by atoms with van der Waals surface area (Å²) in [6.45, 7) is 4.37. The molecule has 0 fully saturated rings. The first-order valence-corrected chi connectivity index (χ1v) is 15.3. The zero-order valence-corrected chi connectivity index (χ0v) is 26.2. The van der Waals surface area contributed by atoms with E-state index in [-0.39, 0.29) is 17.5 Å². The molecule has 1 rings (SSSR count). The smallest absolute Gasteiger partial charge is 0.328 e. The maximum atomic E-state index is 12.4. The summed E-state index contributed by atoms with van der Waals surface area (Å²) in [6.07, 6.45) is 37.0. The van der Waals surface area contributed by atoms with Gasteiger partial charge in [0.15, 0.2) is 0 Å². The number of nitrogens with zero attached hydrogens (tertiary/aromatic N) is 2. The molecule has 1 unspecified atom stereocenters. The zero-order chi connectivity index (χ0) is 31.4. The van der Waals surface area contributed by atoms with E-state index < -0.39 is 12.0 Å². The predicted octanol–water partition coefficient (Wildman–Crippen LogP) is 6.82. The van der Waals surface area contributed by atoms with Gasteiger partial charge in [0, 0.05) is 19.2 Å². The van der Waals surface area contributed by atoms with Crippen LogP contribution in [0, 0.1) is 6.92 Å². The molecule has 0 saturated carbocycles. The molecule has 43 heavy (non-hydrogen) atoms. The fourth-order valence-electron chi connectivity index (χ4n) is 3.79. The Morgan fingerprint density at radius 2 is 1.35 bits per heavy atom. The summed E-state index contributed by atoms with van der Waals surface area (Å²) in [4.78, 5) is 44.7. The second kappa shape index (κ2) is 25.6. The predicted molar refractivity (Wildman–Crippen MR) is 174 cm³/mol. The van der Waals surface area contributed by atoms with Crippen molar-refractivity contribution in [3.05, 3.63) is 96.7 Å². The molecule has 1 heterocycles. The third kappa shape index (κ3) is 20.5. The second-order valence-corrected chi connectivity index (χ2v) is 9.89. The molecule has 234 valence electrons. The Bertz CT molecular complexity index is 1100. The van der Waals surface area contributed by atoms with E-state index in [1.807, 2.05) is 12.2 Å². The van der Waals surface area contributed by atoms with Gasteiger partial charge >= 0.3 is 5.97 Å². The molecule has 0 aliphatic carbocycles. The Hall–Kier alpha value is -4.07. The van der Waals surface area contributed by atoms with Crippen LogP contribution in [0.3, 0.4) is 0 Å². The lowest BCUT2D eigenvalue weighted by molar-refractivity contribution is -0.145. The first-order chi connectivity index (χ1) is 21.0. The monoisotopic (exact) mass is 590 g/mol. The average Bonchev–Trinajstić information content (AvgIpc) is 3.01. The number of aromatic nitrogens is 2. The summed E-state index contributed by atoms with van der Waals surface area (Å²) >= 11 is 0. The van der Waals surface area contributed by atoms with Crippen molar-refractivity contribution in [3.8, 4) is 0 Å². The summed E-state index contributed by atoms with van der Waals surface area (Å²) in [5, 5.41) is 5.56. The number of carbonyl (C=O) groups is 3. The number of unbranched alkanes of at least 4 members (excludes halogenated alkanes) is 1. The number of methoxy groups -OCH3 is 1. The van der Waals surface area contributed by atoms with Crippen LogP contribution in [0.5, 0.6) is 0 Å². The lowest BCUT2D eigenvalue weighted by atomic mass is 10.1. The highest BCUT2D eigenvalue weighted by atomic mass is 16.5. The van der Waals surface area contributed by atoms with Crippen LogP contribution in [0.4, 0.5) is 0 Å². The Morgan fingerprint density at radius 1 is 0.791 bits per heavy atom. The minimum atomic E-state index is -0.707. The van der Waals surface area contributed by atoms with Crippen LogP contribution in [0.25, 0.3) is 0 Å². The van der Waals surface area contributed by atoms with E-state index in [1.54, 1.807) is 13.1 Å². The number of rotatable bonds is 22. The van der Waals surface area contributed by atoms with Crippen molar-refractivity contribution in [2.24, 2.45) is 0 Å². The number of carbonyl (C=O) groups excluding carboxylic acids is 3. The molecule has 1 aromatic rings. The van der Waals surface area contributed by atoms with Crippen LogP contribution in [0.1, 0.15) is 93.7 Å². The van der Waals surface area contributed by atoms with Crippen molar-refractivity contribution >= 4 is 17.8 Å². The van der Waals surface area contributed by atoms with Crippen LogP contribution < -0.4 is 10.6 Å². The van der Waals surface area contributed by atoms with E-state index in [4.69, 9.17) is 4.74 Å². The molecule has 0 radical (unpaired) electrons. The Morgan fingerprint density at radius 3 is 1.86 bits per heavy atom. The number of allylic oxidation sites excluding steroid dienone is 12. The summed E-state index contributed by atoms with van der Waals surface area (Å²) < 4.78 is 4.85. The minimum Gasteiger partial charge on any atom is -0.467 e. The number of hydrogen-bond donors (Lipinski definition) is 2. The van der Waals surface area contributed by atoms with Gasteiger partial charge < -0.3 is 15.4 Å². The molecular weight excluding hydrogens is 540 g/mol. The van der Waals surface area contributed by atoms with Crippen molar-refractivity contribution in [2.75, 3.05) is 13.7 Å². The van der Waals surface area contributed by atoms with Crippen LogP contribution in [0.15, 0.2) is 85.3 Å². The van der Waals surface area contributed by atoms with Gasteiger partial charge in [-0.15, -0.1) is 0 Å². The lowest BCUT2D eigenvalue weighted by Crippen LogP contribution is -2.41. The van der Waals surface area contributed by atoms with Gasteiger partial charge in [0.1, 0.15) is 11.7 Å². The van der Waals surface area contributed by atoms with E-state index in [0.29, 0.717) is 38.6 Å². The van der Waals surface area contributed by atoms with E-state index in [9.17, 15) is 14.4 Å². The first-order valence-electron chi connectivity index (χ1n) is 15.3. The molecule has 2 amide bonds. The highest BCUT2D eigenvalue weighted by Gasteiger charge is 2.20. The number of ether oxygens (including phenoxy) is 1. The van der Waals surface area contributed by atoms with Gasteiger partial charge in [-0.25, -0.2) is 9.78 Å². The standard InChI is InChI=1S/C35H50N4O4/c1-4-5-6-7-8-9-10-11-12-13-14-15-16-17-18-19-20-21-22-26-33(40)39-31(35(42)43-3)25-23-24-27-36-34(41)32-29-37-30(2)28-38-32/h5-6,8-9,11-12,14-15,17-18,20-21,28-29,31H,4,7,10,13,16,19,22-27H2,1-3H3,(H,36,41)(H,39,40). The van der Waals surface area contributed by atoms with Gasteiger partial charge in [-0.05, 0) is 71.1 Å². The fraction of sp³-hybridized carbons (Fsp3) is 0.457. The summed E-state index contributed by atoms with van der Waals surface area (Å²) in [5.41, 5.74) is 1.00. The first kappa shape index (κ1) is 37.0. The molecule has 0 aromatic carbocycles. The van der Waals surface area contributed by atoms with Gasteiger partial charge in [0.2, 0.25) is 5.91 Å². The van der Waals surface area contributed by atoms with E-state index >= 15 is 0 Å². The van der Waals surface area contributed by atoms with Gasteiger partial charge in [-0.2, -0.15) is 0 Å². The van der Waals surface area contributed by atoms with Crippen molar-refractivity contribution in [1.82, 2.24) is 20.6 Å². The average molecular weight is 591 g/mol. The molecular formula is C35H50N4O4. The van der Waals surface area contributed by atoms with Crippen molar-refractivity contribution < 1.29 is 19.1 Å². The number of nitrogens with one attached hydrogen (secondary N) is 2. The summed E-state index contributed by atoms with van der Waals surface area (Å²) in [7, 11) is 1.31. The highest BCUT2D eigenvalue weighted by Crippen LogP contribution is 2.05. The third-order valence-electron chi connectivity index (χ3n) is 6.17. The number of aryl methyl sites for hydroxylation is 1. The fourth-order valence-corrected chi connectivity index (χ4v) is 3.79. The van der Waals surface area contributed by atoms with Gasteiger partial charge in [-0.1, -0.05) is 79.8 Å². The second-order valence-electron chi connectivity index (χ2n) is 9.89. The Balaban J connectivity index is 2.16. The van der Waals surface area contributed by atoms with Gasteiger partial charge in [0.05, 0.1) is 19.0 Å². The minimum absolute atomic E-state index is 0.193. The third-order valence-corrected chi connectivity index (χ3v) is 6.17. The Labute approximate surface area is 258 Å². The molecule has 2 N–H and O–H groups in total. The molecule has 1 atom stereocenters. The Kier molecular flexibility index (Phi) is 22.0. The summed E-state index contributed by atoms with van der Waals surface area (Å²) in [6, 6.07) is -0.707. The lowest BCUT2D eigenvalue weighted by Gasteiger charge is -2.16. The molecule has 0 bridgehead atoms. The molecule has 8 nitrogen and oxygen atoms in total. The van der Waals surface area contributed by atoms with Crippen molar-refractivity contribution in [3.63, 3.8) is 0 Å². The van der Waals surface area contributed by atoms with Crippen LogP contribution in [0.2, 0.25) is 0 Å². The topological polar surface area (TPSA) is 110 Å². The number of esters is 1. The maximum Gasteiger partial charge on any atom is 0.328 e. The van der Waals surface area contributed by atoms with E-state index in [0.717, 1.165) is 44.2 Å². The molecule has 1 aromatic heterocycles. The van der Waals surface area contributed by atoms with Crippen LogP contribution >= 0.6 is 0 Å². The van der Waals surface area contributed by atoms with Gasteiger partial charge in [-0.3, -0.25) is 14.6 Å².